The van der Waals surface area contributed by atoms with Crippen molar-refractivity contribution in [3.63, 3.8) is 0 Å². The van der Waals surface area contributed by atoms with E-state index in [1.54, 1.807) is 36.5 Å². The highest BCUT2D eigenvalue weighted by Gasteiger charge is 2.11. The molecule has 6 heteroatoms. The molecule has 0 spiro atoms. The van der Waals surface area contributed by atoms with E-state index in [1.165, 1.54) is 6.07 Å². The summed E-state index contributed by atoms with van der Waals surface area (Å²) >= 11 is 1.55. The summed E-state index contributed by atoms with van der Waals surface area (Å²) in [5.74, 6) is 0.551. The molecule has 0 bridgehead atoms. The van der Waals surface area contributed by atoms with Crippen LogP contribution in [0.5, 0.6) is 0 Å². The fourth-order valence-electron chi connectivity index (χ4n) is 2.09. The van der Waals surface area contributed by atoms with Gasteiger partial charge in [-0.3, -0.25) is 4.79 Å². The second-order valence-corrected chi connectivity index (χ2v) is 6.23. The number of rotatable bonds is 4. The Kier molecular flexibility index (Phi) is 4.25. The van der Waals surface area contributed by atoms with E-state index >= 15 is 0 Å². The van der Waals surface area contributed by atoms with Crippen molar-refractivity contribution < 1.29 is 13.6 Å². The SMILES string of the molecule is Cc1nc(-c2ccc(CNC(=O)c3ccc(C)c(F)c3)o2)cs1. The summed E-state index contributed by atoms with van der Waals surface area (Å²) in [7, 11) is 0. The van der Waals surface area contributed by atoms with Gasteiger partial charge in [0.2, 0.25) is 0 Å². The van der Waals surface area contributed by atoms with Crippen molar-refractivity contribution in [1.82, 2.24) is 10.3 Å². The lowest BCUT2D eigenvalue weighted by Gasteiger charge is -2.04. The van der Waals surface area contributed by atoms with E-state index in [0.29, 0.717) is 17.1 Å². The molecule has 118 valence electrons. The van der Waals surface area contributed by atoms with Crippen molar-refractivity contribution in [2.75, 3.05) is 0 Å². The number of carbonyl (C=O) groups is 1. The van der Waals surface area contributed by atoms with E-state index in [2.05, 4.69) is 10.3 Å². The van der Waals surface area contributed by atoms with E-state index in [9.17, 15) is 9.18 Å². The molecule has 0 aliphatic rings. The molecule has 0 aliphatic heterocycles. The molecule has 3 aromatic rings. The molecule has 0 fully saturated rings. The monoisotopic (exact) mass is 330 g/mol. The molecule has 1 aromatic carbocycles. The second kappa shape index (κ2) is 6.34. The standard InChI is InChI=1S/C17H15FN2O2S/c1-10-3-4-12(7-14(10)18)17(21)19-8-13-5-6-16(22-13)15-9-23-11(2)20-15/h3-7,9H,8H2,1-2H3,(H,19,21). The molecule has 0 unspecified atom stereocenters. The first-order valence-electron chi connectivity index (χ1n) is 7.08. The van der Waals surface area contributed by atoms with Gasteiger partial charge in [0.25, 0.3) is 5.91 Å². The number of nitrogens with zero attached hydrogens (tertiary/aromatic N) is 1. The first kappa shape index (κ1) is 15.4. The van der Waals surface area contributed by atoms with E-state index in [1.807, 2.05) is 18.4 Å². The van der Waals surface area contributed by atoms with E-state index in [0.717, 1.165) is 10.7 Å². The Labute approximate surface area is 137 Å². The van der Waals surface area contributed by atoms with Crippen molar-refractivity contribution in [1.29, 1.82) is 0 Å². The molecule has 23 heavy (non-hydrogen) atoms. The van der Waals surface area contributed by atoms with Gasteiger partial charge in [0, 0.05) is 10.9 Å². The first-order chi connectivity index (χ1) is 11.0. The molecular formula is C17H15FN2O2S. The van der Waals surface area contributed by atoms with Gasteiger partial charge in [-0.25, -0.2) is 9.37 Å². The predicted molar refractivity (Wildman–Crippen MR) is 86.9 cm³/mol. The number of hydrogen-bond donors (Lipinski definition) is 1. The Morgan fingerprint density at radius 3 is 2.83 bits per heavy atom. The number of halogens is 1. The van der Waals surface area contributed by atoms with Crippen molar-refractivity contribution in [2.45, 2.75) is 20.4 Å². The van der Waals surface area contributed by atoms with Crippen LogP contribution in [-0.2, 0) is 6.54 Å². The molecular weight excluding hydrogens is 315 g/mol. The molecule has 0 atom stereocenters. The zero-order valence-corrected chi connectivity index (χ0v) is 13.5. The van der Waals surface area contributed by atoms with Crippen LogP contribution in [0.15, 0.2) is 40.1 Å². The number of hydrogen-bond acceptors (Lipinski definition) is 4. The van der Waals surface area contributed by atoms with Crippen LogP contribution in [0.3, 0.4) is 0 Å². The van der Waals surface area contributed by atoms with Gasteiger partial charge in [0.05, 0.1) is 11.6 Å². The molecule has 3 rings (SSSR count). The maximum Gasteiger partial charge on any atom is 0.251 e. The molecule has 0 aliphatic carbocycles. The zero-order valence-electron chi connectivity index (χ0n) is 12.7. The largest absolute Gasteiger partial charge is 0.458 e. The van der Waals surface area contributed by atoms with Crippen LogP contribution in [0, 0.1) is 19.7 Å². The highest BCUT2D eigenvalue weighted by Crippen LogP contribution is 2.23. The first-order valence-corrected chi connectivity index (χ1v) is 7.96. The summed E-state index contributed by atoms with van der Waals surface area (Å²) in [5, 5.41) is 5.60. The Bertz CT molecular complexity index is 854. The number of aromatic nitrogens is 1. The van der Waals surface area contributed by atoms with Crippen LogP contribution in [-0.4, -0.2) is 10.9 Å². The average molecular weight is 330 g/mol. The quantitative estimate of drug-likeness (QED) is 0.784. The van der Waals surface area contributed by atoms with Gasteiger partial charge < -0.3 is 9.73 Å². The molecule has 1 amide bonds. The van der Waals surface area contributed by atoms with Crippen molar-refractivity contribution in [3.8, 4) is 11.5 Å². The van der Waals surface area contributed by atoms with Crippen LogP contribution in [0.4, 0.5) is 4.39 Å². The minimum atomic E-state index is -0.392. The zero-order chi connectivity index (χ0) is 16.4. The summed E-state index contributed by atoms with van der Waals surface area (Å²) in [6.07, 6.45) is 0. The third-order valence-electron chi connectivity index (χ3n) is 3.39. The van der Waals surface area contributed by atoms with Gasteiger partial charge in [-0.1, -0.05) is 6.07 Å². The third kappa shape index (κ3) is 3.48. The van der Waals surface area contributed by atoms with Gasteiger partial charge in [-0.05, 0) is 43.7 Å². The number of aryl methyl sites for hydroxylation is 2. The van der Waals surface area contributed by atoms with E-state index < -0.39 is 5.82 Å². The number of thiazole rings is 1. The minimum absolute atomic E-state index is 0.234. The maximum absolute atomic E-state index is 13.5. The average Bonchev–Trinajstić information content (AvgIpc) is 3.16. The van der Waals surface area contributed by atoms with Crippen LogP contribution < -0.4 is 5.32 Å². The van der Waals surface area contributed by atoms with Gasteiger partial charge >= 0.3 is 0 Å². The van der Waals surface area contributed by atoms with Gasteiger partial charge in [-0.2, -0.15) is 0 Å². The lowest BCUT2D eigenvalue weighted by molar-refractivity contribution is 0.0947. The normalized spacial score (nSPS) is 10.7. The fourth-order valence-corrected chi connectivity index (χ4v) is 2.69. The summed E-state index contributed by atoms with van der Waals surface area (Å²) in [4.78, 5) is 16.4. The van der Waals surface area contributed by atoms with Crippen LogP contribution in [0.1, 0.15) is 26.7 Å². The molecule has 4 nitrogen and oxygen atoms in total. The molecule has 0 saturated carbocycles. The van der Waals surface area contributed by atoms with Crippen molar-refractivity contribution >= 4 is 17.2 Å². The number of carbonyl (C=O) groups excluding carboxylic acids is 1. The van der Waals surface area contributed by atoms with Gasteiger partial charge in [0.1, 0.15) is 17.3 Å². The third-order valence-corrected chi connectivity index (χ3v) is 4.16. The number of amides is 1. The molecule has 0 radical (unpaired) electrons. The van der Waals surface area contributed by atoms with E-state index in [-0.39, 0.29) is 18.0 Å². The summed E-state index contributed by atoms with van der Waals surface area (Å²) in [6.45, 7) is 3.82. The predicted octanol–water partition coefficient (Wildman–Crippen LogP) is 4.09. The Morgan fingerprint density at radius 1 is 1.30 bits per heavy atom. The van der Waals surface area contributed by atoms with Crippen LogP contribution in [0.25, 0.3) is 11.5 Å². The van der Waals surface area contributed by atoms with E-state index in [4.69, 9.17) is 4.42 Å². The molecule has 1 N–H and O–H groups in total. The summed E-state index contributed by atoms with van der Waals surface area (Å²) in [5.41, 5.74) is 1.58. The minimum Gasteiger partial charge on any atom is -0.458 e. The van der Waals surface area contributed by atoms with Gasteiger partial charge in [0.15, 0.2) is 5.76 Å². The highest BCUT2D eigenvalue weighted by atomic mass is 32.1. The molecule has 2 aromatic heterocycles. The Hall–Kier alpha value is -2.47. The molecule has 2 heterocycles. The van der Waals surface area contributed by atoms with Crippen molar-refractivity contribution in [3.05, 3.63) is 63.4 Å². The highest BCUT2D eigenvalue weighted by molar-refractivity contribution is 7.09. The summed E-state index contributed by atoms with van der Waals surface area (Å²) < 4.78 is 19.2. The summed E-state index contributed by atoms with van der Waals surface area (Å²) in [6, 6.07) is 8.02. The fraction of sp³-hybridized carbons (Fsp3) is 0.176. The number of nitrogens with one attached hydrogen (secondary N) is 1. The smallest absolute Gasteiger partial charge is 0.251 e. The molecule has 0 saturated heterocycles. The van der Waals surface area contributed by atoms with Gasteiger partial charge in [-0.15, -0.1) is 11.3 Å². The van der Waals surface area contributed by atoms with Crippen LogP contribution in [0.2, 0.25) is 0 Å². The van der Waals surface area contributed by atoms with Crippen molar-refractivity contribution in [2.24, 2.45) is 0 Å². The number of furan rings is 1. The Morgan fingerprint density at radius 2 is 2.13 bits per heavy atom. The second-order valence-electron chi connectivity index (χ2n) is 5.16. The lowest BCUT2D eigenvalue weighted by Crippen LogP contribution is -2.22. The topological polar surface area (TPSA) is 55.1 Å². The Balaban J connectivity index is 1.65. The lowest BCUT2D eigenvalue weighted by atomic mass is 10.1. The number of benzene rings is 1. The maximum atomic E-state index is 13.5. The van der Waals surface area contributed by atoms with Crippen LogP contribution >= 0.6 is 11.3 Å².